The van der Waals surface area contributed by atoms with Crippen LogP contribution in [0.1, 0.15) is 50.9 Å². The third kappa shape index (κ3) is 3.70. The van der Waals surface area contributed by atoms with Crippen LogP contribution in [0.2, 0.25) is 0 Å². The highest BCUT2D eigenvalue weighted by Gasteiger charge is 2.27. The van der Waals surface area contributed by atoms with Crippen LogP contribution in [0.5, 0.6) is 5.75 Å². The van der Waals surface area contributed by atoms with E-state index in [1.54, 1.807) is 18.2 Å². The van der Waals surface area contributed by atoms with E-state index in [-0.39, 0.29) is 5.56 Å². The Kier molecular flexibility index (Phi) is 5.59. The molecule has 0 unspecified atom stereocenters. The van der Waals surface area contributed by atoms with Crippen LogP contribution in [0.15, 0.2) is 33.5 Å². The van der Waals surface area contributed by atoms with Gasteiger partial charge in [0.1, 0.15) is 21.9 Å². The molecule has 0 saturated heterocycles. The number of ether oxygens (including phenoxy) is 2. The number of esters is 1. The normalized spacial score (nSPS) is 13.0. The van der Waals surface area contributed by atoms with Gasteiger partial charge in [0.05, 0.1) is 19.3 Å². The van der Waals surface area contributed by atoms with Crippen molar-refractivity contribution >= 4 is 39.2 Å². The number of fused-ring (bicyclic) bond motifs is 2. The van der Waals surface area contributed by atoms with E-state index >= 15 is 0 Å². The Morgan fingerprint density at radius 2 is 2.00 bits per heavy atom. The van der Waals surface area contributed by atoms with Crippen molar-refractivity contribution in [1.29, 1.82) is 0 Å². The molecule has 2 heterocycles. The molecule has 7 nitrogen and oxygen atoms in total. The second-order valence-electron chi connectivity index (χ2n) is 6.94. The lowest BCUT2D eigenvalue weighted by Gasteiger charge is -2.11. The zero-order chi connectivity index (χ0) is 21.3. The summed E-state index contributed by atoms with van der Waals surface area (Å²) >= 11 is 1.36. The molecule has 4 rings (SSSR count). The molecule has 8 heteroatoms. The number of carbonyl (C=O) groups excluding carboxylic acids is 2. The molecule has 1 amide bonds. The van der Waals surface area contributed by atoms with E-state index in [1.165, 1.54) is 24.5 Å². The predicted octanol–water partition coefficient (Wildman–Crippen LogP) is 4.17. The summed E-state index contributed by atoms with van der Waals surface area (Å²) in [4.78, 5) is 38.8. The monoisotopic (exact) mass is 427 g/mol. The van der Waals surface area contributed by atoms with Crippen molar-refractivity contribution in [2.24, 2.45) is 0 Å². The van der Waals surface area contributed by atoms with Crippen molar-refractivity contribution in [3.05, 3.63) is 56.3 Å². The van der Waals surface area contributed by atoms with Gasteiger partial charge in [0.15, 0.2) is 0 Å². The van der Waals surface area contributed by atoms with Crippen LogP contribution in [0, 0.1) is 0 Å². The van der Waals surface area contributed by atoms with Crippen molar-refractivity contribution in [3.8, 4) is 5.75 Å². The number of rotatable bonds is 5. The van der Waals surface area contributed by atoms with Gasteiger partial charge in [-0.2, -0.15) is 0 Å². The van der Waals surface area contributed by atoms with Gasteiger partial charge in [-0.05, 0) is 56.4 Å². The van der Waals surface area contributed by atoms with Crippen LogP contribution in [0.25, 0.3) is 11.0 Å². The first-order chi connectivity index (χ1) is 14.5. The van der Waals surface area contributed by atoms with E-state index in [0.717, 1.165) is 36.1 Å². The maximum atomic E-state index is 12.9. The highest BCUT2D eigenvalue weighted by molar-refractivity contribution is 7.17. The molecular weight excluding hydrogens is 406 g/mol. The van der Waals surface area contributed by atoms with Gasteiger partial charge in [0.2, 0.25) is 0 Å². The molecule has 3 aromatic rings. The minimum absolute atomic E-state index is 0.131. The zero-order valence-electron chi connectivity index (χ0n) is 16.7. The van der Waals surface area contributed by atoms with Gasteiger partial charge in [0, 0.05) is 16.3 Å². The van der Waals surface area contributed by atoms with E-state index in [2.05, 4.69) is 5.32 Å². The van der Waals surface area contributed by atoms with E-state index in [9.17, 15) is 14.4 Å². The number of hydrogen-bond acceptors (Lipinski definition) is 7. The topological polar surface area (TPSA) is 94.8 Å². The summed E-state index contributed by atoms with van der Waals surface area (Å²) in [6.07, 6.45) is 3.66. The molecule has 1 aliphatic rings. The first-order valence-corrected chi connectivity index (χ1v) is 10.6. The molecule has 2 aromatic heterocycles. The molecule has 0 radical (unpaired) electrons. The minimum Gasteiger partial charge on any atom is -0.494 e. The largest absolute Gasteiger partial charge is 0.494 e. The fraction of sp³-hybridized carbons (Fsp3) is 0.318. The number of amides is 1. The van der Waals surface area contributed by atoms with E-state index in [1.807, 2.05) is 6.92 Å². The molecule has 0 saturated carbocycles. The Bertz CT molecular complexity index is 1190. The van der Waals surface area contributed by atoms with Crippen LogP contribution < -0.4 is 15.7 Å². The van der Waals surface area contributed by atoms with Gasteiger partial charge in [-0.25, -0.2) is 9.59 Å². The van der Waals surface area contributed by atoms with Crippen molar-refractivity contribution in [1.82, 2.24) is 0 Å². The number of nitrogens with one attached hydrogen (secondary N) is 1. The Hall–Kier alpha value is -3.13. The Labute approximate surface area is 176 Å². The summed E-state index contributed by atoms with van der Waals surface area (Å²) in [5.74, 6) is -0.528. The standard InChI is InChI=1S/C22H21NO6S/c1-3-28-13-9-8-12-10-15(21(25)29-16(12)11-13)19(24)23-20-18(22(26)27-2)14-6-4-5-7-17(14)30-20/h8-11H,3-7H2,1-2H3,(H,23,24). The lowest BCUT2D eigenvalue weighted by Crippen LogP contribution is -2.21. The van der Waals surface area contributed by atoms with Gasteiger partial charge < -0.3 is 19.2 Å². The Morgan fingerprint density at radius 3 is 2.77 bits per heavy atom. The average Bonchev–Trinajstić information content (AvgIpc) is 3.10. The minimum atomic E-state index is -0.755. The second-order valence-corrected chi connectivity index (χ2v) is 8.05. The number of anilines is 1. The number of carbonyl (C=O) groups is 2. The third-order valence-electron chi connectivity index (χ3n) is 5.05. The smallest absolute Gasteiger partial charge is 0.349 e. The van der Waals surface area contributed by atoms with E-state index in [4.69, 9.17) is 13.9 Å². The third-order valence-corrected chi connectivity index (χ3v) is 6.26. The summed E-state index contributed by atoms with van der Waals surface area (Å²) in [6.45, 7) is 2.35. The van der Waals surface area contributed by atoms with E-state index < -0.39 is 17.5 Å². The van der Waals surface area contributed by atoms with Crippen LogP contribution in [-0.4, -0.2) is 25.6 Å². The molecule has 1 N–H and O–H groups in total. The van der Waals surface area contributed by atoms with Crippen molar-refractivity contribution < 1.29 is 23.5 Å². The fourth-order valence-electron chi connectivity index (χ4n) is 3.65. The summed E-state index contributed by atoms with van der Waals surface area (Å²) in [5.41, 5.74) is 0.771. The van der Waals surface area contributed by atoms with Gasteiger partial charge in [0.25, 0.3) is 5.91 Å². The number of hydrogen-bond donors (Lipinski definition) is 1. The van der Waals surface area contributed by atoms with Gasteiger partial charge in [-0.1, -0.05) is 0 Å². The number of benzene rings is 1. The molecule has 30 heavy (non-hydrogen) atoms. The quantitative estimate of drug-likeness (QED) is 0.485. The summed E-state index contributed by atoms with van der Waals surface area (Å²) in [7, 11) is 1.31. The van der Waals surface area contributed by atoms with Crippen LogP contribution in [0.3, 0.4) is 0 Å². The fourth-order valence-corrected chi connectivity index (χ4v) is 4.92. The summed E-state index contributed by atoms with van der Waals surface area (Å²) < 4.78 is 15.7. The molecule has 1 aliphatic carbocycles. The molecule has 0 spiro atoms. The van der Waals surface area contributed by atoms with E-state index in [0.29, 0.717) is 33.9 Å². The molecule has 0 atom stereocenters. The Morgan fingerprint density at radius 1 is 1.20 bits per heavy atom. The van der Waals surface area contributed by atoms with Crippen molar-refractivity contribution in [2.45, 2.75) is 32.6 Å². The van der Waals surface area contributed by atoms with Crippen LogP contribution in [-0.2, 0) is 17.6 Å². The predicted molar refractivity (Wildman–Crippen MR) is 114 cm³/mol. The van der Waals surface area contributed by atoms with Crippen LogP contribution in [0.4, 0.5) is 5.00 Å². The lowest BCUT2D eigenvalue weighted by molar-refractivity contribution is 0.0601. The first kappa shape index (κ1) is 20.2. The van der Waals surface area contributed by atoms with Crippen LogP contribution >= 0.6 is 11.3 Å². The molecule has 1 aromatic carbocycles. The zero-order valence-corrected chi connectivity index (χ0v) is 17.5. The molecule has 156 valence electrons. The second kappa shape index (κ2) is 8.31. The maximum absolute atomic E-state index is 12.9. The summed E-state index contributed by atoms with van der Waals surface area (Å²) in [6, 6.07) is 6.57. The Balaban J connectivity index is 1.69. The molecule has 0 fully saturated rings. The van der Waals surface area contributed by atoms with Gasteiger partial charge in [-0.3, -0.25) is 4.79 Å². The number of thiophene rings is 1. The number of aryl methyl sites for hydroxylation is 1. The van der Waals surface area contributed by atoms with Gasteiger partial charge in [-0.15, -0.1) is 11.3 Å². The highest BCUT2D eigenvalue weighted by Crippen LogP contribution is 2.38. The molecular formula is C22H21NO6S. The number of methoxy groups -OCH3 is 1. The summed E-state index contributed by atoms with van der Waals surface area (Å²) in [5, 5.41) is 3.74. The van der Waals surface area contributed by atoms with Crippen molar-refractivity contribution in [2.75, 3.05) is 19.0 Å². The SMILES string of the molecule is CCOc1ccc2cc(C(=O)Nc3sc4c(c3C(=O)OC)CCCC4)c(=O)oc2c1. The average molecular weight is 427 g/mol. The maximum Gasteiger partial charge on any atom is 0.349 e. The lowest BCUT2D eigenvalue weighted by atomic mass is 9.95. The van der Waals surface area contributed by atoms with Crippen molar-refractivity contribution in [3.63, 3.8) is 0 Å². The molecule has 0 bridgehead atoms. The first-order valence-electron chi connectivity index (χ1n) is 9.76. The highest BCUT2D eigenvalue weighted by atomic mass is 32.1. The van der Waals surface area contributed by atoms with Gasteiger partial charge >= 0.3 is 11.6 Å². The molecule has 0 aliphatic heterocycles.